The van der Waals surface area contributed by atoms with Gasteiger partial charge in [0.1, 0.15) is 0 Å². The molecule has 2 N–H and O–H groups in total. The first-order valence-corrected chi connectivity index (χ1v) is 6.73. The number of anilines is 1. The van der Waals surface area contributed by atoms with Gasteiger partial charge in [-0.15, -0.1) is 0 Å². The van der Waals surface area contributed by atoms with E-state index in [-0.39, 0.29) is 5.56 Å². The maximum Gasteiger partial charge on any atom is 0.311 e. The van der Waals surface area contributed by atoms with Crippen molar-refractivity contribution in [3.05, 3.63) is 62.1 Å². The number of aryl methyl sites for hydroxylation is 1. The number of benzene rings is 2. The fraction of sp³-hybridized carbons (Fsp3) is 0.0714. The lowest BCUT2D eigenvalue weighted by Gasteiger charge is -2.09. The number of halogens is 1. The Labute approximate surface area is 128 Å². The average Bonchev–Trinajstić information content (AvgIpc) is 2.41. The molecule has 0 radical (unpaired) electrons. The highest BCUT2D eigenvalue weighted by molar-refractivity contribution is 9.10. The summed E-state index contributed by atoms with van der Waals surface area (Å²) in [5.41, 5.74) is 0.858. The molecule has 0 saturated heterocycles. The molecule has 0 heterocycles. The van der Waals surface area contributed by atoms with Gasteiger partial charge < -0.3 is 10.4 Å². The number of nitro benzene ring substituents is 1. The molecule has 108 valence electrons. The highest BCUT2D eigenvalue weighted by Crippen LogP contribution is 2.30. The SMILES string of the molecule is Cc1ccc(NC(=O)c2cccc([N+](=O)[O-])c2O)c(Br)c1. The summed E-state index contributed by atoms with van der Waals surface area (Å²) in [6.07, 6.45) is 0. The van der Waals surface area contributed by atoms with Crippen LogP contribution in [0, 0.1) is 17.0 Å². The van der Waals surface area contributed by atoms with Crippen molar-refractivity contribution in [2.75, 3.05) is 5.32 Å². The van der Waals surface area contributed by atoms with E-state index in [1.54, 1.807) is 6.07 Å². The quantitative estimate of drug-likeness (QED) is 0.652. The molecule has 0 saturated carbocycles. The Kier molecular flexibility index (Phi) is 4.23. The minimum atomic E-state index is -0.742. The standard InChI is InChI=1S/C14H11BrN2O4/c1-8-5-6-11(10(15)7-8)16-14(19)9-3-2-4-12(13(9)18)17(20)21/h2-7,18H,1H3,(H,16,19). The first-order valence-electron chi connectivity index (χ1n) is 5.94. The third kappa shape index (κ3) is 3.19. The summed E-state index contributed by atoms with van der Waals surface area (Å²) >= 11 is 3.32. The summed E-state index contributed by atoms with van der Waals surface area (Å²) in [5, 5.41) is 23.2. The Bertz CT molecular complexity index is 731. The van der Waals surface area contributed by atoms with E-state index < -0.39 is 22.3 Å². The van der Waals surface area contributed by atoms with Gasteiger partial charge in [-0.2, -0.15) is 0 Å². The Morgan fingerprint density at radius 1 is 1.33 bits per heavy atom. The molecule has 21 heavy (non-hydrogen) atoms. The molecule has 2 rings (SSSR count). The van der Waals surface area contributed by atoms with E-state index in [9.17, 15) is 20.0 Å². The number of carbonyl (C=O) groups excluding carboxylic acids is 1. The van der Waals surface area contributed by atoms with Crippen LogP contribution in [0.1, 0.15) is 15.9 Å². The van der Waals surface area contributed by atoms with Crippen molar-refractivity contribution in [2.45, 2.75) is 6.92 Å². The molecular weight excluding hydrogens is 340 g/mol. The zero-order valence-corrected chi connectivity index (χ0v) is 12.5. The fourth-order valence-corrected chi connectivity index (χ4v) is 2.37. The number of hydrogen-bond acceptors (Lipinski definition) is 4. The van der Waals surface area contributed by atoms with Crippen molar-refractivity contribution < 1.29 is 14.8 Å². The van der Waals surface area contributed by atoms with E-state index in [1.165, 1.54) is 12.1 Å². The van der Waals surface area contributed by atoms with Gasteiger partial charge >= 0.3 is 5.69 Å². The van der Waals surface area contributed by atoms with Crippen molar-refractivity contribution in [3.63, 3.8) is 0 Å². The minimum Gasteiger partial charge on any atom is -0.502 e. The lowest BCUT2D eigenvalue weighted by atomic mass is 10.1. The molecular formula is C14H11BrN2O4. The van der Waals surface area contributed by atoms with Crippen LogP contribution >= 0.6 is 15.9 Å². The van der Waals surface area contributed by atoms with Crippen LogP contribution in [0.2, 0.25) is 0 Å². The van der Waals surface area contributed by atoms with Gasteiger partial charge in [-0.3, -0.25) is 14.9 Å². The fourth-order valence-electron chi connectivity index (χ4n) is 1.77. The topological polar surface area (TPSA) is 92.5 Å². The van der Waals surface area contributed by atoms with E-state index in [0.29, 0.717) is 10.2 Å². The van der Waals surface area contributed by atoms with Gasteiger partial charge in [0, 0.05) is 10.5 Å². The molecule has 0 aromatic heterocycles. The number of hydrogen-bond donors (Lipinski definition) is 2. The zero-order chi connectivity index (χ0) is 15.6. The molecule has 0 bridgehead atoms. The highest BCUT2D eigenvalue weighted by Gasteiger charge is 2.21. The van der Waals surface area contributed by atoms with Gasteiger partial charge in [0.2, 0.25) is 5.75 Å². The second-order valence-electron chi connectivity index (χ2n) is 4.37. The number of nitrogens with one attached hydrogen (secondary N) is 1. The second-order valence-corrected chi connectivity index (χ2v) is 5.22. The van der Waals surface area contributed by atoms with Crippen molar-refractivity contribution in [2.24, 2.45) is 0 Å². The predicted octanol–water partition coefficient (Wildman–Crippen LogP) is 3.62. The first-order chi connectivity index (χ1) is 9.90. The van der Waals surface area contributed by atoms with E-state index in [0.717, 1.165) is 11.6 Å². The van der Waals surface area contributed by atoms with Crippen LogP contribution in [-0.2, 0) is 0 Å². The van der Waals surface area contributed by atoms with Crippen molar-refractivity contribution in [1.82, 2.24) is 0 Å². The lowest BCUT2D eigenvalue weighted by Crippen LogP contribution is -2.13. The number of phenols is 1. The number of carbonyl (C=O) groups is 1. The van der Waals surface area contributed by atoms with Gasteiger partial charge in [0.15, 0.2) is 0 Å². The minimum absolute atomic E-state index is 0.156. The summed E-state index contributed by atoms with van der Waals surface area (Å²) in [5.74, 6) is -1.27. The van der Waals surface area contributed by atoms with Crippen LogP contribution in [0.5, 0.6) is 5.75 Å². The molecule has 0 spiro atoms. The summed E-state index contributed by atoms with van der Waals surface area (Å²) in [4.78, 5) is 22.1. The van der Waals surface area contributed by atoms with Crippen LogP contribution in [0.3, 0.4) is 0 Å². The number of nitro groups is 1. The third-order valence-corrected chi connectivity index (χ3v) is 3.48. The molecule has 2 aromatic rings. The van der Waals surface area contributed by atoms with E-state index in [4.69, 9.17) is 0 Å². The molecule has 0 atom stereocenters. The van der Waals surface area contributed by atoms with Crippen LogP contribution in [0.15, 0.2) is 40.9 Å². The normalized spacial score (nSPS) is 10.2. The van der Waals surface area contributed by atoms with Gasteiger partial charge in [-0.25, -0.2) is 0 Å². The maximum atomic E-state index is 12.1. The van der Waals surface area contributed by atoms with Gasteiger partial charge in [-0.1, -0.05) is 12.1 Å². The van der Waals surface area contributed by atoms with E-state index in [2.05, 4.69) is 21.2 Å². The van der Waals surface area contributed by atoms with Crippen molar-refractivity contribution in [1.29, 1.82) is 0 Å². The van der Waals surface area contributed by atoms with Crippen LogP contribution in [0.4, 0.5) is 11.4 Å². The van der Waals surface area contributed by atoms with E-state index >= 15 is 0 Å². The van der Waals surface area contributed by atoms with E-state index in [1.807, 2.05) is 19.1 Å². The number of para-hydroxylation sites is 1. The van der Waals surface area contributed by atoms with Crippen LogP contribution in [-0.4, -0.2) is 15.9 Å². The number of rotatable bonds is 3. The van der Waals surface area contributed by atoms with Gasteiger partial charge in [-0.05, 0) is 46.6 Å². The van der Waals surface area contributed by atoms with Gasteiger partial charge in [0.05, 0.1) is 16.2 Å². The number of aromatic hydroxyl groups is 1. The molecule has 7 heteroatoms. The van der Waals surface area contributed by atoms with Crippen LogP contribution < -0.4 is 5.32 Å². The largest absolute Gasteiger partial charge is 0.502 e. The molecule has 0 aliphatic rings. The smallest absolute Gasteiger partial charge is 0.311 e. The first kappa shape index (κ1) is 15.0. The predicted molar refractivity (Wildman–Crippen MR) is 81.6 cm³/mol. The maximum absolute atomic E-state index is 12.1. The molecule has 0 fully saturated rings. The third-order valence-electron chi connectivity index (χ3n) is 2.83. The Balaban J connectivity index is 2.33. The Morgan fingerprint density at radius 3 is 2.67 bits per heavy atom. The molecule has 1 amide bonds. The van der Waals surface area contributed by atoms with Crippen molar-refractivity contribution in [3.8, 4) is 5.75 Å². The Hall–Kier alpha value is -2.41. The van der Waals surface area contributed by atoms with Crippen molar-refractivity contribution >= 4 is 33.2 Å². The second kappa shape index (κ2) is 5.92. The average molecular weight is 351 g/mol. The summed E-state index contributed by atoms with van der Waals surface area (Å²) in [6, 6.07) is 9.13. The molecule has 6 nitrogen and oxygen atoms in total. The highest BCUT2D eigenvalue weighted by atomic mass is 79.9. The summed E-state index contributed by atoms with van der Waals surface area (Å²) in [6.45, 7) is 1.91. The summed E-state index contributed by atoms with van der Waals surface area (Å²) < 4.78 is 0.681. The monoisotopic (exact) mass is 350 g/mol. The number of nitrogens with zero attached hydrogens (tertiary/aromatic N) is 1. The molecule has 0 unspecified atom stereocenters. The lowest BCUT2D eigenvalue weighted by molar-refractivity contribution is -0.385. The Morgan fingerprint density at radius 2 is 2.05 bits per heavy atom. The molecule has 2 aromatic carbocycles. The number of amides is 1. The van der Waals surface area contributed by atoms with Gasteiger partial charge in [0.25, 0.3) is 5.91 Å². The number of phenolic OH excluding ortho intramolecular Hbond substituents is 1. The van der Waals surface area contributed by atoms with Crippen LogP contribution in [0.25, 0.3) is 0 Å². The summed E-state index contributed by atoms with van der Waals surface area (Å²) in [7, 11) is 0. The zero-order valence-electron chi connectivity index (χ0n) is 11.0. The molecule has 0 aliphatic carbocycles. The molecule has 0 aliphatic heterocycles.